The van der Waals surface area contributed by atoms with Crippen molar-refractivity contribution in [2.45, 2.75) is 32.7 Å². The van der Waals surface area contributed by atoms with Gasteiger partial charge in [-0.15, -0.1) is 0 Å². The van der Waals surface area contributed by atoms with Crippen LogP contribution in [-0.4, -0.2) is 46.4 Å². The number of amides is 3. The summed E-state index contributed by atoms with van der Waals surface area (Å²) in [7, 11) is 0. The van der Waals surface area contributed by atoms with E-state index < -0.39 is 11.8 Å². The van der Waals surface area contributed by atoms with E-state index in [0.29, 0.717) is 31.7 Å². The molecule has 2 N–H and O–H groups in total. The van der Waals surface area contributed by atoms with Crippen molar-refractivity contribution in [1.29, 1.82) is 0 Å². The standard InChI is InChI=1S/C30H32ClFN4O2/c1-2-3-16-36(30(38)34-24-13-14-27(32)26(31)18-24)21-29(37)35(20-22-9-5-4-6-10-22)17-15-23-19-33-28-12-8-7-11-25(23)28/h4-14,18-19,33H,2-3,15-17,20-21H2,1H3,(H,34,38). The monoisotopic (exact) mass is 534 g/mol. The van der Waals surface area contributed by atoms with Gasteiger partial charge in [0.25, 0.3) is 0 Å². The van der Waals surface area contributed by atoms with Crippen molar-refractivity contribution in [2.24, 2.45) is 0 Å². The first kappa shape index (κ1) is 27.2. The number of aromatic amines is 1. The van der Waals surface area contributed by atoms with Gasteiger partial charge in [-0.25, -0.2) is 9.18 Å². The van der Waals surface area contributed by atoms with Crippen molar-refractivity contribution in [3.8, 4) is 0 Å². The Balaban J connectivity index is 1.49. The lowest BCUT2D eigenvalue weighted by Crippen LogP contribution is -2.45. The molecule has 0 bridgehead atoms. The highest BCUT2D eigenvalue weighted by Crippen LogP contribution is 2.21. The summed E-state index contributed by atoms with van der Waals surface area (Å²) in [5.41, 5.74) is 3.59. The number of benzene rings is 3. The first-order valence-corrected chi connectivity index (χ1v) is 13.2. The molecule has 0 aliphatic heterocycles. The Morgan fingerprint density at radius 2 is 1.74 bits per heavy atom. The maximum atomic E-state index is 13.6. The van der Waals surface area contributed by atoms with Crippen molar-refractivity contribution in [3.63, 3.8) is 0 Å². The average molecular weight is 535 g/mol. The Bertz CT molecular complexity index is 1380. The average Bonchev–Trinajstić information content (AvgIpc) is 3.34. The van der Waals surface area contributed by atoms with Crippen molar-refractivity contribution in [1.82, 2.24) is 14.8 Å². The predicted molar refractivity (Wildman–Crippen MR) is 151 cm³/mol. The van der Waals surface area contributed by atoms with Gasteiger partial charge in [-0.05, 0) is 48.2 Å². The number of para-hydroxylation sites is 1. The second-order valence-electron chi connectivity index (χ2n) is 9.24. The van der Waals surface area contributed by atoms with Gasteiger partial charge in [0.1, 0.15) is 12.4 Å². The van der Waals surface area contributed by atoms with Crippen molar-refractivity contribution >= 4 is 40.1 Å². The third-order valence-corrected chi connectivity index (χ3v) is 6.75. The molecule has 38 heavy (non-hydrogen) atoms. The second kappa shape index (κ2) is 13.1. The van der Waals surface area contributed by atoms with Crippen LogP contribution in [-0.2, 0) is 17.8 Å². The highest BCUT2D eigenvalue weighted by atomic mass is 35.5. The number of anilines is 1. The van der Waals surface area contributed by atoms with Gasteiger partial charge in [0, 0.05) is 42.4 Å². The van der Waals surface area contributed by atoms with E-state index in [0.717, 1.165) is 34.9 Å². The number of aromatic nitrogens is 1. The highest BCUT2D eigenvalue weighted by Gasteiger charge is 2.22. The Hall–Kier alpha value is -3.84. The van der Waals surface area contributed by atoms with E-state index in [-0.39, 0.29) is 17.5 Å². The Kier molecular flexibility index (Phi) is 9.38. The number of unbranched alkanes of at least 4 members (excludes halogenated alkanes) is 1. The van der Waals surface area contributed by atoms with Crippen LogP contribution in [0.25, 0.3) is 10.9 Å². The van der Waals surface area contributed by atoms with Gasteiger partial charge >= 0.3 is 6.03 Å². The number of nitrogens with zero attached hydrogens (tertiary/aromatic N) is 2. The van der Waals surface area contributed by atoms with Crippen LogP contribution in [0.4, 0.5) is 14.9 Å². The summed E-state index contributed by atoms with van der Waals surface area (Å²) < 4.78 is 13.6. The SMILES string of the molecule is CCCCN(CC(=O)N(CCc1c[nH]c2ccccc12)Cc1ccccc1)C(=O)Nc1ccc(F)c(Cl)c1. The minimum atomic E-state index is -0.561. The number of fused-ring (bicyclic) bond motifs is 1. The third-order valence-electron chi connectivity index (χ3n) is 6.46. The fourth-order valence-corrected chi connectivity index (χ4v) is 4.51. The zero-order chi connectivity index (χ0) is 26.9. The summed E-state index contributed by atoms with van der Waals surface area (Å²) in [5.74, 6) is -0.702. The fourth-order valence-electron chi connectivity index (χ4n) is 4.33. The topological polar surface area (TPSA) is 68.4 Å². The van der Waals surface area contributed by atoms with Gasteiger partial charge in [-0.1, -0.05) is 73.5 Å². The number of carbonyl (C=O) groups excluding carboxylic acids is 2. The van der Waals surface area contributed by atoms with Crippen LogP contribution in [0.2, 0.25) is 5.02 Å². The quantitative estimate of drug-likeness (QED) is 0.220. The summed E-state index contributed by atoms with van der Waals surface area (Å²) in [5, 5.41) is 3.81. The summed E-state index contributed by atoms with van der Waals surface area (Å²) >= 11 is 5.87. The number of urea groups is 1. The first-order valence-electron chi connectivity index (χ1n) is 12.8. The summed E-state index contributed by atoms with van der Waals surface area (Å²) in [6.45, 7) is 3.33. The first-order chi connectivity index (χ1) is 18.4. The van der Waals surface area contributed by atoms with E-state index in [1.807, 2.05) is 61.7 Å². The van der Waals surface area contributed by atoms with Crippen LogP contribution in [0.5, 0.6) is 0 Å². The molecule has 0 saturated heterocycles. The molecule has 6 nitrogen and oxygen atoms in total. The second-order valence-corrected chi connectivity index (χ2v) is 9.65. The van der Waals surface area contributed by atoms with Gasteiger partial charge in [0.15, 0.2) is 0 Å². The van der Waals surface area contributed by atoms with Gasteiger partial charge in [0.2, 0.25) is 5.91 Å². The molecule has 0 atom stereocenters. The van der Waals surface area contributed by atoms with Crippen LogP contribution in [0.1, 0.15) is 30.9 Å². The summed E-state index contributed by atoms with van der Waals surface area (Å²) in [4.78, 5) is 33.4. The molecule has 1 aromatic heterocycles. The molecule has 0 radical (unpaired) electrons. The number of nitrogens with one attached hydrogen (secondary N) is 2. The van der Waals surface area contributed by atoms with E-state index in [1.165, 1.54) is 23.1 Å². The molecule has 198 valence electrons. The molecule has 3 amide bonds. The molecule has 0 saturated carbocycles. The molecule has 8 heteroatoms. The predicted octanol–water partition coefficient (Wildman–Crippen LogP) is 6.87. The maximum absolute atomic E-state index is 13.6. The number of H-pyrrole nitrogens is 1. The molecular weight excluding hydrogens is 503 g/mol. The van der Waals surface area contributed by atoms with E-state index in [2.05, 4.69) is 16.4 Å². The number of halogens is 2. The van der Waals surface area contributed by atoms with Gasteiger partial charge in [0.05, 0.1) is 5.02 Å². The Morgan fingerprint density at radius 1 is 0.974 bits per heavy atom. The van der Waals surface area contributed by atoms with Gasteiger partial charge < -0.3 is 20.1 Å². The third kappa shape index (κ3) is 7.13. The molecule has 0 spiro atoms. The van der Waals surface area contributed by atoms with Gasteiger partial charge in [-0.3, -0.25) is 4.79 Å². The number of hydrogen-bond donors (Lipinski definition) is 2. The molecular formula is C30H32ClFN4O2. The van der Waals surface area contributed by atoms with E-state index in [1.54, 1.807) is 4.90 Å². The van der Waals surface area contributed by atoms with E-state index in [9.17, 15) is 14.0 Å². The van der Waals surface area contributed by atoms with Crippen LogP contribution in [0.3, 0.4) is 0 Å². The summed E-state index contributed by atoms with van der Waals surface area (Å²) in [6.07, 6.45) is 4.29. The molecule has 1 heterocycles. The molecule has 4 rings (SSSR count). The molecule has 3 aromatic carbocycles. The fraction of sp³-hybridized carbons (Fsp3) is 0.267. The van der Waals surface area contributed by atoms with E-state index >= 15 is 0 Å². The maximum Gasteiger partial charge on any atom is 0.322 e. The lowest BCUT2D eigenvalue weighted by Gasteiger charge is -2.28. The lowest BCUT2D eigenvalue weighted by atomic mass is 10.1. The van der Waals surface area contributed by atoms with Crippen molar-refractivity contribution in [3.05, 3.63) is 101 Å². The highest BCUT2D eigenvalue weighted by molar-refractivity contribution is 6.31. The number of rotatable bonds is 11. The molecule has 4 aromatic rings. The molecule has 0 aliphatic rings. The minimum Gasteiger partial charge on any atom is -0.361 e. The number of hydrogen-bond acceptors (Lipinski definition) is 2. The van der Waals surface area contributed by atoms with Crippen LogP contribution in [0, 0.1) is 5.82 Å². The van der Waals surface area contributed by atoms with Crippen molar-refractivity contribution < 1.29 is 14.0 Å². The van der Waals surface area contributed by atoms with Crippen LogP contribution in [0.15, 0.2) is 79.0 Å². The van der Waals surface area contributed by atoms with Crippen LogP contribution < -0.4 is 5.32 Å². The Labute approximate surface area is 227 Å². The smallest absolute Gasteiger partial charge is 0.322 e. The zero-order valence-corrected chi connectivity index (χ0v) is 22.2. The largest absolute Gasteiger partial charge is 0.361 e. The lowest BCUT2D eigenvalue weighted by molar-refractivity contribution is -0.132. The normalized spacial score (nSPS) is 10.9. The van der Waals surface area contributed by atoms with Crippen LogP contribution >= 0.6 is 11.6 Å². The summed E-state index contributed by atoms with van der Waals surface area (Å²) in [6, 6.07) is 21.5. The molecule has 0 aliphatic carbocycles. The zero-order valence-electron chi connectivity index (χ0n) is 21.4. The molecule has 0 fully saturated rings. The van der Waals surface area contributed by atoms with Gasteiger partial charge in [-0.2, -0.15) is 0 Å². The van der Waals surface area contributed by atoms with Crippen molar-refractivity contribution in [2.75, 3.05) is 25.0 Å². The Morgan fingerprint density at radius 3 is 2.50 bits per heavy atom. The minimum absolute atomic E-state index is 0.0680. The van der Waals surface area contributed by atoms with E-state index in [4.69, 9.17) is 11.6 Å². The molecule has 0 unspecified atom stereocenters. The number of carbonyl (C=O) groups is 2.